The zero-order valence-electron chi connectivity index (χ0n) is 12.6. The smallest absolute Gasteiger partial charge is 0.163 e. The second-order valence-electron chi connectivity index (χ2n) is 7.32. The summed E-state index contributed by atoms with van der Waals surface area (Å²) in [5, 5.41) is 0. The zero-order valence-corrected chi connectivity index (χ0v) is 12.6. The fourth-order valence-corrected chi connectivity index (χ4v) is 3.55. The molecule has 3 aliphatic rings. The van der Waals surface area contributed by atoms with Crippen molar-refractivity contribution in [3.05, 3.63) is 11.6 Å². The van der Waals surface area contributed by atoms with E-state index >= 15 is 0 Å². The van der Waals surface area contributed by atoms with Crippen LogP contribution in [0.2, 0.25) is 0 Å². The van der Waals surface area contributed by atoms with Crippen LogP contribution in [0.4, 0.5) is 0 Å². The van der Waals surface area contributed by atoms with Gasteiger partial charge < -0.3 is 14.2 Å². The van der Waals surface area contributed by atoms with Crippen LogP contribution in [0.3, 0.4) is 0 Å². The molecule has 2 heterocycles. The number of hydrogen-bond acceptors (Lipinski definition) is 3. The minimum absolute atomic E-state index is 0.0437. The quantitative estimate of drug-likeness (QED) is 0.717. The lowest BCUT2D eigenvalue weighted by atomic mass is 9.87. The molecule has 3 atom stereocenters. The summed E-state index contributed by atoms with van der Waals surface area (Å²) in [6.45, 7) is 9.09. The van der Waals surface area contributed by atoms with E-state index in [9.17, 15) is 0 Å². The molecule has 2 saturated heterocycles. The van der Waals surface area contributed by atoms with Gasteiger partial charge in [-0.15, -0.1) is 0 Å². The minimum atomic E-state index is -0.408. The van der Waals surface area contributed by atoms with Crippen LogP contribution in [0.15, 0.2) is 11.6 Å². The molecule has 0 aromatic carbocycles. The summed E-state index contributed by atoms with van der Waals surface area (Å²) >= 11 is 0. The average molecular weight is 266 g/mol. The number of ether oxygens (including phenoxy) is 3. The Hall–Kier alpha value is -0.380. The maximum absolute atomic E-state index is 6.18. The first-order valence-electron chi connectivity index (χ1n) is 7.52. The average Bonchev–Trinajstić information content (AvgIpc) is 2.80. The van der Waals surface area contributed by atoms with Gasteiger partial charge in [0.05, 0.1) is 24.4 Å². The zero-order chi connectivity index (χ0) is 13.7. The topological polar surface area (TPSA) is 27.7 Å². The van der Waals surface area contributed by atoms with Crippen molar-refractivity contribution < 1.29 is 14.2 Å². The lowest BCUT2D eigenvalue weighted by Crippen LogP contribution is -2.38. The van der Waals surface area contributed by atoms with Gasteiger partial charge in [-0.25, -0.2) is 0 Å². The van der Waals surface area contributed by atoms with E-state index < -0.39 is 5.79 Å². The second kappa shape index (κ2) is 4.57. The Morgan fingerprint density at radius 1 is 1.21 bits per heavy atom. The van der Waals surface area contributed by atoms with E-state index in [1.807, 2.05) is 13.8 Å². The molecule has 0 saturated carbocycles. The molecule has 0 aromatic heterocycles. The largest absolute Gasteiger partial charge is 0.368 e. The van der Waals surface area contributed by atoms with E-state index in [0.717, 1.165) is 6.42 Å². The van der Waals surface area contributed by atoms with Crippen molar-refractivity contribution in [2.75, 3.05) is 6.61 Å². The van der Waals surface area contributed by atoms with Crippen LogP contribution in [0, 0.1) is 5.92 Å². The first kappa shape index (κ1) is 13.6. The van der Waals surface area contributed by atoms with E-state index in [0.29, 0.717) is 18.6 Å². The molecule has 1 aliphatic carbocycles. The van der Waals surface area contributed by atoms with Gasteiger partial charge in [-0.2, -0.15) is 0 Å². The molecule has 2 aliphatic heterocycles. The molecule has 2 fully saturated rings. The Morgan fingerprint density at radius 2 is 2.00 bits per heavy atom. The maximum Gasteiger partial charge on any atom is 0.163 e. The summed E-state index contributed by atoms with van der Waals surface area (Å²) in [6.07, 6.45) is 7.53. The molecular weight excluding hydrogens is 240 g/mol. The number of fused-ring (bicyclic) bond motifs is 1. The maximum atomic E-state index is 6.18. The fraction of sp³-hybridized carbons (Fsp3) is 0.875. The molecule has 19 heavy (non-hydrogen) atoms. The summed E-state index contributed by atoms with van der Waals surface area (Å²) < 4.78 is 17.7. The third-order valence-corrected chi connectivity index (χ3v) is 4.52. The monoisotopic (exact) mass is 266 g/mol. The Balaban J connectivity index is 1.59. The molecule has 0 radical (unpaired) electrons. The third-order valence-electron chi connectivity index (χ3n) is 4.52. The van der Waals surface area contributed by atoms with Crippen molar-refractivity contribution >= 4 is 0 Å². The Morgan fingerprint density at radius 3 is 2.68 bits per heavy atom. The van der Waals surface area contributed by atoms with Crippen molar-refractivity contribution in [1.82, 2.24) is 0 Å². The highest BCUT2D eigenvalue weighted by Gasteiger charge is 2.40. The Bertz CT molecular complexity index is 383. The second-order valence-corrected chi connectivity index (χ2v) is 7.32. The van der Waals surface area contributed by atoms with Gasteiger partial charge in [0.2, 0.25) is 0 Å². The van der Waals surface area contributed by atoms with Crippen LogP contribution in [0.25, 0.3) is 0 Å². The summed E-state index contributed by atoms with van der Waals surface area (Å²) in [7, 11) is 0. The molecule has 3 heteroatoms. The molecule has 0 spiro atoms. The van der Waals surface area contributed by atoms with Gasteiger partial charge >= 0.3 is 0 Å². The molecule has 0 aromatic rings. The lowest BCUT2D eigenvalue weighted by molar-refractivity contribution is -0.138. The summed E-state index contributed by atoms with van der Waals surface area (Å²) in [4.78, 5) is 0. The van der Waals surface area contributed by atoms with E-state index in [1.165, 1.54) is 24.8 Å². The van der Waals surface area contributed by atoms with E-state index in [-0.39, 0.29) is 11.7 Å². The molecule has 3 rings (SSSR count). The van der Waals surface area contributed by atoms with E-state index in [2.05, 4.69) is 19.9 Å². The van der Waals surface area contributed by atoms with Gasteiger partial charge in [-0.1, -0.05) is 11.6 Å². The lowest BCUT2D eigenvalue weighted by Gasteiger charge is -2.37. The van der Waals surface area contributed by atoms with Gasteiger partial charge in [0, 0.05) is 0 Å². The van der Waals surface area contributed by atoms with Gasteiger partial charge in [-0.05, 0) is 59.3 Å². The summed E-state index contributed by atoms with van der Waals surface area (Å²) in [6, 6.07) is 0. The Kier molecular flexibility index (Phi) is 3.27. The van der Waals surface area contributed by atoms with Crippen molar-refractivity contribution in [3.8, 4) is 0 Å². The first-order chi connectivity index (χ1) is 8.83. The molecule has 1 unspecified atom stereocenters. The van der Waals surface area contributed by atoms with Gasteiger partial charge in [0.15, 0.2) is 5.79 Å². The molecule has 0 bridgehead atoms. The van der Waals surface area contributed by atoms with Crippen LogP contribution >= 0.6 is 0 Å². The predicted molar refractivity (Wildman–Crippen MR) is 73.9 cm³/mol. The van der Waals surface area contributed by atoms with Gasteiger partial charge in [0.25, 0.3) is 0 Å². The normalized spacial score (nSPS) is 40.0. The van der Waals surface area contributed by atoms with Gasteiger partial charge in [-0.3, -0.25) is 0 Å². The summed E-state index contributed by atoms with van der Waals surface area (Å²) in [5.74, 6) is 0.285. The van der Waals surface area contributed by atoms with Crippen LogP contribution in [-0.4, -0.2) is 30.2 Å². The molecule has 108 valence electrons. The highest BCUT2D eigenvalue weighted by Crippen LogP contribution is 2.42. The van der Waals surface area contributed by atoms with E-state index in [1.54, 1.807) is 0 Å². The summed E-state index contributed by atoms with van der Waals surface area (Å²) in [5.41, 5.74) is 1.54. The van der Waals surface area contributed by atoms with Crippen LogP contribution in [-0.2, 0) is 14.2 Å². The number of rotatable bonds is 2. The van der Waals surface area contributed by atoms with Crippen molar-refractivity contribution in [1.29, 1.82) is 0 Å². The standard InChI is InChI=1S/C16H26O3/c1-15(2)6-5-12-7-11(9-14(12)19-15)8-13-10-17-16(3,4)18-13/h9,12-14H,5-8,10H2,1-4H3/t12-,13?,14+/m1/s1. The Labute approximate surface area is 116 Å². The van der Waals surface area contributed by atoms with Crippen LogP contribution in [0.1, 0.15) is 53.4 Å². The van der Waals surface area contributed by atoms with Gasteiger partial charge in [0.1, 0.15) is 0 Å². The fourth-order valence-electron chi connectivity index (χ4n) is 3.55. The van der Waals surface area contributed by atoms with Crippen molar-refractivity contribution in [2.45, 2.75) is 77.0 Å². The minimum Gasteiger partial charge on any atom is -0.368 e. The molecule has 0 amide bonds. The first-order valence-corrected chi connectivity index (χ1v) is 7.52. The third kappa shape index (κ3) is 3.04. The number of hydrogen-bond donors (Lipinski definition) is 0. The highest BCUT2D eigenvalue weighted by molar-refractivity contribution is 5.18. The van der Waals surface area contributed by atoms with Crippen LogP contribution < -0.4 is 0 Å². The van der Waals surface area contributed by atoms with E-state index in [4.69, 9.17) is 14.2 Å². The molecule has 3 nitrogen and oxygen atoms in total. The molecular formula is C16H26O3. The molecule has 0 N–H and O–H groups in total. The SMILES string of the molecule is CC1(C)CC[C@@H]2CC(CC3COC(C)(C)O3)=C[C@@H]2O1. The predicted octanol–water partition coefficient (Wildman–Crippen LogP) is 3.43. The van der Waals surface area contributed by atoms with Crippen molar-refractivity contribution in [3.63, 3.8) is 0 Å². The highest BCUT2D eigenvalue weighted by atomic mass is 16.7. The van der Waals surface area contributed by atoms with Crippen molar-refractivity contribution in [2.24, 2.45) is 5.92 Å². The van der Waals surface area contributed by atoms with Crippen LogP contribution in [0.5, 0.6) is 0 Å².